The summed E-state index contributed by atoms with van der Waals surface area (Å²) in [6.45, 7) is 8.82. The van der Waals surface area contributed by atoms with Gasteiger partial charge in [-0.25, -0.2) is 13.8 Å². The van der Waals surface area contributed by atoms with Crippen LogP contribution in [0.5, 0.6) is 5.75 Å². The molecule has 1 unspecified atom stereocenters. The Bertz CT molecular complexity index is 2230. The maximum atomic E-state index is 14.6. The fraction of sp³-hybridized carbons (Fsp3) is 0.278. The van der Waals surface area contributed by atoms with Crippen LogP contribution in [0.15, 0.2) is 83.5 Å². The van der Waals surface area contributed by atoms with Gasteiger partial charge in [-0.1, -0.05) is 25.3 Å². The van der Waals surface area contributed by atoms with Crippen LogP contribution in [0.4, 0.5) is 20.3 Å². The van der Waals surface area contributed by atoms with Crippen molar-refractivity contribution in [2.24, 2.45) is 10.9 Å². The van der Waals surface area contributed by atoms with Crippen molar-refractivity contribution in [1.82, 2.24) is 19.8 Å². The molecule has 1 fully saturated rings. The highest BCUT2D eigenvalue weighted by Crippen LogP contribution is 2.38. The van der Waals surface area contributed by atoms with E-state index in [0.717, 1.165) is 17.8 Å². The van der Waals surface area contributed by atoms with Gasteiger partial charge >= 0.3 is 5.91 Å². The van der Waals surface area contributed by atoms with E-state index in [1.165, 1.54) is 4.57 Å². The number of nitroso groups, excluding NO2 is 1. The average Bonchev–Trinajstić information content (AvgIpc) is 3.53. The lowest BCUT2D eigenvalue weighted by Gasteiger charge is -2.38. The smallest absolute Gasteiger partial charge is 0.327 e. The van der Waals surface area contributed by atoms with Crippen LogP contribution >= 0.6 is 11.3 Å². The monoisotopic (exact) mass is 746 g/mol. The lowest BCUT2D eigenvalue weighted by molar-refractivity contribution is -0.00322. The van der Waals surface area contributed by atoms with Crippen molar-refractivity contribution in [2.45, 2.75) is 24.5 Å². The topological polar surface area (TPSA) is 198 Å². The van der Waals surface area contributed by atoms with Crippen LogP contribution in [-0.2, 0) is 5.60 Å². The number of likely N-dealkylation sites (tertiary alicyclic amines) is 1. The first-order valence-corrected chi connectivity index (χ1v) is 17.4. The molecule has 4 aromatic rings. The van der Waals surface area contributed by atoms with E-state index < -0.39 is 46.5 Å². The van der Waals surface area contributed by atoms with E-state index in [0.29, 0.717) is 67.9 Å². The van der Waals surface area contributed by atoms with E-state index in [-0.39, 0.29) is 45.1 Å². The minimum Gasteiger partial charge on any atom is -0.490 e. The molecular formula is C36H36F2N8O6S. The highest BCUT2D eigenvalue weighted by Gasteiger charge is 2.36. The van der Waals surface area contributed by atoms with Gasteiger partial charge in [0.1, 0.15) is 39.3 Å². The maximum Gasteiger partial charge on any atom is 0.327 e. The molecule has 1 saturated heterocycles. The number of fused-ring (bicyclic) bond motifs is 2. The summed E-state index contributed by atoms with van der Waals surface area (Å²) < 4.78 is 35.2. The van der Waals surface area contributed by atoms with Gasteiger partial charge in [0, 0.05) is 54.7 Å². The van der Waals surface area contributed by atoms with Gasteiger partial charge in [0.25, 0.3) is 11.5 Å². The second-order valence-electron chi connectivity index (χ2n) is 12.6. The van der Waals surface area contributed by atoms with Crippen molar-refractivity contribution < 1.29 is 28.2 Å². The number of nitrogens with zero attached hydrogens (tertiary/aromatic N) is 5. The molecule has 14 nitrogen and oxygen atoms in total. The molecule has 0 saturated carbocycles. The molecule has 17 heteroatoms. The molecule has 6 N–H and O–H groups in total. The van der Waals surface area contributed by atoms with E-state index in [1.807, 2.05) is 9.80 Å². The first-order valence-electron chi connectivity index (χ1n) is 16.6. The number of β-amino-alcohol motifs (C(OH)–C–C–N with tert-alkyl or cyclic N) is 1. The summed E-state index contributed by atoms with van der Waals surface area (Å²) in [5, 5.41) is 16.7. The van der Waals surface area contributed by atoms with Crippen molar-refractivity contribution in [3.8, 4) is 11.4 Å². The molecule has 1 atom stereocenters. The lowest BCUT2D eigenvalue weighted by atomic mass is 9.91. The Hall–Kier alpha value is -5.62. The van der Waals surface area contributed by atoms with Crippen LogP contribution < -0.4 is 32.0 Å². The number of hydrogen-bond acceptors (Lipinski definition) is 12. The van der Waals surface area contributed by atoms with Crippen molar-refractivity contribution in [3.05, 3.63) is 116 Å². The Kier molecular flexibility index (Phi) is 10.6. The van der Waals surface area contributed by atoms with Crippen molar-refractivity contribution in [1.29, 1.82) is 0 Å². The van der Waals surface area contributed by atoms with Crippen LogP contribution in [0, 0.1) is 16.5 Å². The fourth-order valence-corrected chi connectivity index (χ4v) is 7.75. The van der Waals surface area contributed by atoms with Crippen LogP contribution in [-0.4, -0.2) is 76.7 Å². The number of nitrogen functional groups attached to an aromatic ring is 1. The van der Waals surface area contributed by atoms with Crippen LogP contribution in [0.25, 0.3) is 16.0 Å². The molecule has 0 aliphatic carbocycles. The number of carbonyl (C=O) groups excluding carboxylic acids is 2. The number of ether oxygens (including phenoxy) is 1. The first kappa shape index (κ1) is 37.1. The molecule has 0 bridgehead atoms. The molecular weight excluding hydrogens is 711 g/mol. The normalized spacial score (nSPS) is 16.4. The number of thiophene rings is 1. The summed E-state index contributed by atoms with van der Waals surface area (Å²) in [6, 6.07) is 7.38. The third kappa shape index (κ3) is 7.11. The van der Waals surface area contributed by atoms with Crippen LogP contribution in [0.2, 0.25) is 0 Å². The van der Waals surface area contributed by atoms with Gasteiger partial charge in [-0.2, -0.15) is 0 Å². The summed E-state index contributed by atoms with van der Waals surface area (Å²) in [5.41, 5.74) is 10.5. The molecule has 2 aromatic carbocycles. The maximum absolute atomic E-state index is 14.6. The molecule has 53 heavy (non-hydrogen) atoms. The number of allylic oxidation sites excluding steroid dienone is 3. The third-order valence-corrected chi connectivity index (χ3v) is 10.3. The number of aromatic nitrogens is 2. The quantitative estimate of drug-likeness (QED) is 0.129. The van der Waals surface area contributed by atoms with Crippen molar-refractivity contribution in [2.75, 3.05) is 50.0 Å². The molecule has 2 aliphatic rings. The van der Waals surface area contributed by atoms with Crippen molar-refractivity contribution in [3.63, 3.8) is 0 Å². The number of rotatable bonds is 11. The predicted octanol–water partition coefficient (Wildman–Crippen LogP) is 3.71. The van der Waals surface area contributed by atoms with Gasteiger partial charge < -0.3 is 31.5 Å². The number of halogens is 2. The molecule has 0 radical (unpaired) electrons. The van der Waals surface area contributed by atoms with E-state index in [1.54, 1.807) is 36.4 Å². The number of amides is 2. The van der Waals surface area contributed by atoms with Gasteiger partial charge in [0.15, 0.2) is 5.82 Å². The highest BCUT2D eigenvalue weighted by atomic mass is 32.1. The number of carbonyl (C=O) groups is 2. The summed E-state index contributed by atoms with van der Waals surface area (Å²) in [5.74, 6) is -3.56. The van der Waals surface area contributed by atoms with E-state index in [2.05, 4.69) is 28.6 Å². The number of hydrogen-bond donors (Lipinski definition) is 4. The Morgan fingerprint density at radius 1 is 1.17 bits per heavy atom. The molecule has 6 rings (SSSR count). The largest absolute Gasteiger partial charge is 0.490 e. The van der Waals surface area contributed by atoms with Gasteiger partial charge in [-0.05, 0) is 49.3 Å². The molecule has 276 valence electrons. The van der Waals surface area contributed by atoms with E-state index >= 15 is 0 Å². The Balaban J connectivity index is 1.33. The Morgan fingerprint density at radius 3 is 2.58 bits per heavy atom. The zero-order valence-corrected chi connectivity index (χ0v) is 29.2. The molecule has 2 amide bonds. The lowest BCUT2D eigenvalue weighted by Crippen LogP contribution is -2.51. The number of nitrogens with two attached hydrogens (primary N) is 2. The summed E-state index contributed by atoms with van der Waals surface area (Å²) in [7, 11) is 0. The fourth-order valence-electron chi connectivity index (χ4n) is 6.71. The third-order valence-electron chi connectivity index (χ3n) is 9.29. The average molecular weight is 747 g/mol. The van der Waals surface area contributed by atoms with Gasteiger partial charge in [-0.15, -0.1) is 16.2 Å². The molecule has 2 aromatic heterocycles. The van der Waals surface area contributed by atoms with Crippen LogP contribution in [0.3, 0.4) is 0 Å². The van der Waals surface area contributed by atoms with E-state index in [4.69, 9.17) is 16.2 Å². The standard InChI is InChI=1S/C36H36F2N8O6S/c1-3-5-22(4-2)45-14-15-52-27-9-7-23(17-26(27)45)46-29-28(30(33(48)43-51)53-34(29)42-31(40)35(46)49)32(47)41-21-10-12-44(13-11-21)19-36(50,18-39)24-8-6-20(37)16-25(24)38/h3-9,16-17,21,50H,1-2,10-15,18-19,39H2,(H2,40,42)(H,41,47)/b22-5+. The predicted molar refractivity (Wildman–Crippen MR) is 197 cm³/mol. The molecule has 4 heterocycles. The Labute approximate surface area is 305 Å². The minimum atomic E-state index is -1.80. The summed E-state index contributed by atoms with van der Waals surface area (Å²) >= 11 is 0.707. The number of anilines is 2. The number of nitrogens with one attached hydrogen (secondary N) is 1. The second kappa shape index (κ2) is 15.2. The van der Waals surface area contributed by atoms with Gasteiger partial charge in [0.05, 0.1) is 29.0 Å². The summed E-state index contributed by atoms with van der Waals surface area (Å²) in [4.78, 5) is 60.0. The zero-order chi connectivity index (χ0) is 38.0. The van der Waals surface area contributed by atoms with Gasteiger partial charge in [-0.3, -0.25) is 23.9 Å². The number of piperidine rings is 1. The van der Waals surface area contributed by atoms with E-state index in [9.17, 15) is 33.2 Å². The summed E-state index contributed by atoms with van der Waals surface area (Å²) in [6.07, 6.45) is 5.78. The highest BCUT2D eigenvalue weighted by molar-refractivity contribution is 7.20. The van der Waals surface area contributed by atoms with Gasteiger partial charge in [0.2, 0.25) is 0 Å². The number of aliphatic hydroxyl groups is 1. The Morgan fingerprint density at radius 2 is 1.92 bits per heavy atom. The minimum absolute atomic E-state index is 0.0423. The SMILES string of the molecule is C=C/C=C(\C=C)N1CCOc2ccc(-n3c(=O)c(N)nc4sc(C(=O)N=O)c(C(=O)NC5CCN(CC(O)(CN)c6ccc(F)cc6F)CC5)c43)cc21. The molecule has 2 aliphatic heterocycles. The second-order valence-corrected chi connectivity index (χ2v) is 13.6. The zero-order valence-electron chi connectivity index (χ0n) is 28.4. The first-order chi connectivity index (χ1) is 25.4. The van der Waals surface area contributed by atoms with Crippen LogP contribution in [0.1, 0.15) is 38.4 Å². The van der Waals surface area contributed by atoms with Crippen molar-refractivity contribution >= 4 is 45.0 Å². The number of benzene rings is 2. The molecule has 0 spiro atoms.